The lowest BCUT2D eigenvalue weighted by Crippen LogP contribution is -2.16. The highest BCUT2D eigenvalue weighted by molar-refractivity contribution is 5.78. The number of carbonyl (C=O) groups is 1. The molecule has 1 unspecified atom stereocenters. The number of aliphatic hydroxyl groups is 1. The van der Waals surface area contributed by atoms with Crippen LogP contribution in [-0.2, 0) is 16.6 Å². The first kappa shape index (κ1) is 14.9. The quantitative estimate of drug-likeness (QED) is 0.869. The summed E-state index contributed by atoms with van der Waals surface area (Å²) in [4.78, 5) is 11.5. The van der Waals surface area contributed by atoms with E-state index in [0.29, 0.717) is 6.42 Å². The Balaban J connectivity index is 2.76. The summed E-state index contributed by atoms with van der Waals surface area (Å²) in [6, 6.07) is 8.44. The van der Waals surface area contributed by atoms with Crippen LogP contribution in [0.1, 0.15) is 45.2 Å². The molecule has 1 rings (SSSR count). The van der Waals surface area contributed by atoms with Crippen LogP contribution in [0, 0.1) is 5.92 Å². The van der Waals surface area contributed by atoms with E-state index in [0.717, 1.165) is 12.0 Å². The smallest absolute Gasteiger partial charge is 0.133 e. The molecule has 0 aliphatic rings. The zero-order chi connectivity index (χ0) is 13.8. The number of Topliss-reactive ketones (excluding diaryl/α,β-unsaturated/α-hetero) is 1. The van der Waals surface area contributed by atoms with Crippen molar-refractivity contribution in [3.8, 4) is 0 Å². The average Bonchev–Trinajstić information content (AvgIpc) is 2.28. The van der Waals surface area contributed by atoms with Crippen LogP contribution >= 0.6 is 0 Å². The fourth-order valence-electron chi connectivity index (χ4n) is 2.03. The summed E-state index contributed by atoms with van der Waals surface area (Å²) in [6.45, 7) is 8.23. The summed E-state index contributed by atoms with van der Waals surface area (Å²) in [5.41, 5.74) is 2.62. The van der Waals surface area contributed by atoms with Crippen molar-refractivity contribution in [2.45, 2.75) is 46.0 Å². The maximum Gasteiger partial charge on any atom is 0.133 e. The Morgan fingerprint density at radius 3 is 2.17 bits per heavy atom. The summed E-state index contributed by atoms with van der Waals surface area (Å²) < 4.78 is 0. The van der Waals surface area contributed by atoms with Gasteiger partial charge in [0, 0.05) is 12.5 Å². The van der Waals surface area contributed by atoms with Crippen molar-refractivity contribution in [2.75, 3.05) is 6.61 Å². The molecule has 0 aliphatic heterocycles. The van der Waals surface area contributed by atoms with Gasteiger partial charge in [-0.05, 0) is 36.3 Å². The summed E-state index contributed by atoms with van der Waals surface area (Å²) in [5, 5.41) is 8.96. The predicted octanol–water partition coefficient (Wildman–Crippen LogP) is 3.11. The zero-order valence-corrected chi connectivity index (χ0v) is 11.9. The monoisotopic (exact) mass is 248 g/mol. The molecule has 0 aliphatic carbocycles. The lowest BCUT2D eigenvalue weighted by Gasteiger charge is -2.19. The van der Waals surface area contributed by atoms with Gasteiger partial charge in [0.2, 0.25) is 0 Å². The van der Waals surface area contributed by atoms with E-state index in [4.69, 9.17) is 5.11 Å². The van der Waals surface area contributed by atoms with Crippen LogP contribution in [-0.4, -0.2) is 17.5 Å². The van der Waals surface area contributed by atoms with Gasteiger partial charge in [-0.15, -0.1) is 0 Å². The van der Waals surface area contributed by atoms with Crippen molar-refractivity contribution in [3.05, 3.63) is 35.4 Å². The van der Waals surface area contributed by atoms with Crippen molar-refractivity contribution in [1.82, 2.24) is 0 Å². The summed E-state index contributed by atoms with van der Waals surface area (Å²) in [6.07, 6.45) is 1.27. The Bertz CT molecular complexity index is 385. The Labute approximate surface area is 110 Å². The number of hydrogen-bond donors (Lipinski definition) is 1. The molecular weight excluding hydrogens is 224 g/mol. The van der Waals surface area contributed by atoms with Gasteiger partial charge in [0.25, 0.3) is 0 Å². The Morgan fingerprint density at radius 1 is 1.22 bits per heavy atom. The molecule has 18 heavy (non-hydrogen) atoms. The molecule has 1 aromatic carbocycles. The molecule has 0 fully saturated rings. The molecule has 0 saturated heterocycles. The van der Waals surface area contributed by atoms with E-state index < -0.39 is 0 Å². The molecule has 1 atom stereocenters. The molecule has 0 saturated carbocycles. The first-order chi connectivity index (χ1) is 8.34. The lowest BCUT2D eigenvalue weighted by atomic mass is 9.85. The molecule has 0 spiro atoms. The van der Waals surface area contributed by atoms with Crippen LogP contribution in [0.15, 0.2) is 24.3 Å². The van der Waals surface area contributed by atoms with E-state index in [-0.39, 0.29) is 23.7 Å². The zero-order valence-electron chi connectivity index (χ0n) is 11.9. The number of aliphatic hydroxyl groups excluding tert-OH is 1. The molecule has 100 valence electrons. The lowest BCUT2D eigenvalue weighted by molar-refractivity contribution is -0.121. The summed E-state index contributed by atoms with van der Waals surface area (Å²) in [7, 11) is 0. The van der Waals surface area contributed by atoms with Crippen molar-refractivity contribution in [2.24, 2.45) is 5.92 Å². The number of hydrogen-bond acceptors (Lipinski definition) is 2. The molecule has 0 bridgehead atoms. The van der Waals surface area contributed by atoms with Gasteiger partial charge in [-0.25, -0.2) is 0 Å². The van der Waals surface area contributed by atoms with E-state index in [1.807, 2.05) is 0 Å². The first-order valence-corrected chi connectivity index (χ1v) is 6.55. The Hall–Kier alpha value is -1.15. The minimum Gasteiger partial charge on any atom is -0.396 e. The van der Waals surface area contributed by atoms with E-state index in [9.17, 15) is 4.79 Å². The molecule has 0 aromatic heterocycles. The largest absolute Gasteiger partial charge is 0.396 e. The van der Waals surface area contributed by atoms with Gasteiger partial charge in [-0.1, -0.05) is 45.0 Å². The second kappa shape index (κ2) is 6.14. The van der Waals surface area contributed by atoms with Crippen LogP contribution in [0.5, 0.6) is 0 Å². The second-order valence-corrected chi connectivity index (χ2v) is 5.97. The highest BCUT2D eigenvalue weighted by atomic mass is 16.3. The maximum absolute atomic E-state index is 11.5. The standard InChI is InChI=1S/C16H24O2/c1-12(18)14(9-10-17)11-13-5-7-15(8-6-13)16(2,3)4/h5-8,14,17H,9-11H2,1-4H3. The van der Waals surface area contributed by atoms with Crippen LogP contribution < -0.4 is 0 Å². The molecule has 1 aromatic rings. The topological polar surface area (TPSA) is 37.3 Å². The molecule has 1 N–H and O–H groups in total. The molecule has 0 heterocycles. The average molecular weight is 248 g/mol. The van der Waals surface area contributed by atoms with Gasteiger partial charge in [0.1, 0.15) is 5.78 Å². The van der Waals surface area contributed by atoms with Crippen LogP contribution in [0.4, 0.5) is 0 Å². The van der Waals surface area contributed by atoms with Crippen LogP contribution in [0.25, 0.3) is 0 Å². The summed E-state index contributed by atoms with van der Waals surface area (Å²) in [5.74, 6) is 0.0967. The molecule has 0 amide bonds. The number of carbonyl (C=O) groups excluding carboxylic acids is 1. The first-order valence-electron chi connectivity index (χ1n) is 6.55. The van der Waals surface area contributed by atoms with Gasteiger partial charge >= 0.3 is 0 Å². The van der Waals surface area contributed by atoms with Crippen molar-refractivity contribution in [1.29, 1.82) is 0 Å². The maximum atomic E-state index is 11.5. The third-order valence-corrected chi connectivity index (χ3v) is 3.35. The fraction of sp³-hybridized carbons (Fsp3) is 0.562. The Morgan fingerprint density at radius 2 is 1.78 bits per heavy atom. The minimum absolute atomic E-state index is 0.0597. The summed E-state index contributed by atoms with van der Waals surface area (Å²) >= 11 is 0. The van der Waals surface area contributed by atoms with Crippen molar-refractivity contribution < 1.29 is 9.90 Å². The minimum atomic E-state index is -0.0597. The van der Waals surface area contributed by atoms with Crippen molar-refractivity contribution in [3.63, 3.8) is 0 Å². The normalized spacial score (nSPS) is 13.4. The van der Waals surface area contributed by atoms with Gasteiger partial charge in [0.05, 0.1) is 0 Å². The van der Waals surface area contributed by atoms with E-state index in [1.165, 1.54) is 5.56 Å². The van der Waals surface area contributed by atoms with E-state index >= 15 is 0 Å². The van der Waals surface area contributed by atoms with E-state index in [1.54, 1.807) is 6.92 Å². The fourth-order valence-corrected chi connectivity index (χ4v) is 2.03. The van der Waals surface area contributed by atoms with Crippen LogP contribution in [0.3, 0.4) is 0 Å². The van der Waals surface area contributed by atoms with Crippen molar-refractivity contribution >= 4 is 5.78 Å². The predicted molar refractivity (Wildman–Crippen MR) is 74.7 cm³/mol. The highest BCUT2D eigenvalue weighted by Crippen LogP contribution is 2.23. The Kier molecular flexibility index (Phi) is 5.09. The van der Waals surface area contributed by atoms with E-state index in [2.05, 4.69) is 45.0 Å². The number of rotatable bonds is 5. The number of benzene rings is 1. The second-order valence-electron chi connectivity index (χ2n) is 5.97. The molecule has 2 heteroatoms. The third-order valence-electron chi connectivity index (χ3n) is 3.35. The molecular formula is C16H24O2. The SMILES string of the molecule is CC(=O)C(CCO)Cc1ccc(C(C)(C)C)cc1. The van der Waals surface area contributed by atoms with Gasteiger partial charge in [0.15, 0.2) is 0 Å². The third kappa shape index (κ3) is 4.26. The number of ketones is 1. The highest BCUT2D eigenvalue weighted by Gasteiger charge is 2.16. The van der Waals surface area contributed by atoms with Gasteiger partial charge < -0.3 is 5.11 Å². The molecule has 2 nitrogen and oxygen atoms in total. The van der Waals surface area contributed by atoms with Crippen LogP contribution in [0.2, 0.25) is 0 Å². The molecule has 0 radical (unpaired) electrons. The van der Waals surface area contributed by atoms with Gasteiger partial charge in [-0.3, -0.25) is 4.79 Å². The van der Waals surface area contributed by atoms with Gasteiger partial charge in [-0.2, -0.15) is 0 Å².